The van der Waals surface area contributed by atoms with Crippen molar-refractivity contribution in [1.29, 1.82) is 0 Å². The van der Waals surface area contributed by atoms with E-state index in [1.165, 1.54) is 28.8 Å². The number of aromatic nitrogens is 3. The Balaban J connectivity index is 1.14. The molecule has 0 unspecified atom stereocenters. The summed E-state index contributed by atoms with van der Waals surface area (Å²) >= 11 is 0. The van der Waals surface area contributed by atoms with Gasteiger partial charge in [-0.15, -0.1) is 0 Å². The van der Waals surface area contributed by atoms with Gasteiger partial charge in [-0.1, -0.05) is 0 Å². The molecule has 2 aliphatic heterocycles. The fraction of sp³-hybridized carbons (Fsp3) is 0.355. The van der Waals surface area contributed by atoms with Crippen molar-refractivity contribution in [2.75, 3.05) is 58.9 Å². The number of nitrogens with zero attached hydrogens (tertiary/aromatic N) is 5. The Bertz CT molecular complexity index is 1650. The molecule has 0 atom stereocenters. The molecule has 224 valence electrons. The number of hydrogen-bond donors (Lipinski definition) is 1. The quantitative estimate of drug-likeness (QED) is 0.348. The predicted molar refractivity (Wildman–Crippen MR) is 157 cm³/mol. The lowest BCUT2D eigenvalue weighted by molar-refractivity contribution is 0.00158. The molecule has 0 radical (unpaired) electrons. The fourth-order valence-electron chi connectivity index (χ4n) is 5.72. The number of methoxy groups -OCH3 is 2. The summed E-state index contributed by atoms with van der Waals surface area (Å²) in [7, 11) is 3.11. The van der Waals surface area contributed by atoms with Gasteiger partial charge >= 0.3 is 0 Å². The number of amides is 2. The minimum absolute atomic E-state index is 0.0438. The summed E-state index contributed by atoms with van der Waals surface area (Å²) in [4.78, 5) is 34.7. The van der Waals surface area contributed by atoms with Crippen LogP contribution >= 0.6 is 0 Å². The van der Waals surface area contributed by atoms with Gasteiger partial charge in [0, 0.05) is 55.6 Å². The number of ether oxygens (including phenoxy) is 3. The number of nitrogens with one attached hydrogen (secondary N) is 1. The van der Waals surface area contributed by atoms with Gasteiger partial charge in [-0.2, -0.15) is 5.10 Å². The lowest BCUT2D eigenvalue weighted by Gasteiger charge is -2.40. The molecule has 0 saturated carbocycles. The highest BCUT2D eigenvalue weighted by Crippen LogP contribution is 2.32. The van der Waals surface area contributed by atoms with Crippen molar-refractivity contribution in [3.63, 3.8) is 0 Å². The third-order valence-electron chi connectivity index (χ3n) is 8.05. The first-order chi connectivity index (χ1) is 20.9. The first-order valence-corrected chi connectivity index (χ1v) is 14.2. The molecular formula is C31H33FN6O5. The van der Waals surface area contributed by atoms with Crippen molar-refractivity contribution >= 4 is 23.1 Å². The van der Waals surface area contributed by atoms with Crippen molar-refractivity contribution < 1.29 is 28.2 Å². The summed E-state index contributed by atoms with van der Waals surface area (Å²) in [5.74, 6) is -0.390. The zero-order valence-electron chi connectivity index (χ0n) is 24.1. The van der Waals surface area contributed by atoms with Crippen LogP contribution in [0.3, 0.4) is 0 Å². The van der Waals surface area contributed by atoms with E-state index in [1.54, 1.807) is 43.5 Å². The summed E-state index contributed by atoms with van der Waals surface area (Å²) in [6.07, 6.45) is 3.37. The molecule has 1 N–H and O–H groups in total. The normalized spacial score (nSPS) is 16.3. The van der Waals surface area contributed by atoms with Crippen molar-refractivity contribution in [2.24, 2.45) is 0 Å². The first kappa shape index (κ1) is 28.6. The molecule has 4 heterocycles. The van der Waals surface area contributed by atoms with Gasteiger partial charge in [-0.05, 0) is 55.3 Å². The monoisotopic (exact) mass is 588 g/mol. The molecule has 2 amide bonds. The van der Waals surface area contributed by atoms with Crippen LogP contribution in [-0.2, 0) is 4.74 Å². The minimum Gasteiger partial charge on any atom is -0.493 e. The smallest absolute Gasteiger partial charge is 0.276 e. The molecule has 2 aromatic heterocycles. The second kappa shape index (κ2) is 12.4. The SMILES string of the molecule is COc1ccc(-c2ccnc3cc(C(=O)Nc4ccc(C(=O)N5CCC(N6CCOCC6)CC5)cc4F)nn23)cc1OC. The molecule has 43 heavy (non-hydrogen) atoms. The third-order valence-corrected chi connectivity index (χ3v) is 8.05. The van der Waals surface area contributed by atoms with Crippen LogP contribution in [0.2, 0.25) is 0 Å². The van der Waals surface area contributed by atoms with Crippen molar-refractivity contribution in [1.82, 2.24) is 24.4 Å². The lowest BCUT2D eigenvalue weighted by Crippen LogP contribution is -2.50. The summed E-state index contributed by atoms with van der Waals surface area (Å²) in [5.41, 5.74) is 2.15. The number of halogens is 1. The van der Waals surface area contributed by atoms with Gasteiger partial charge in [0.05, 0.1) is 38.8 Å². The van der Waals surface area contributed by atoms with Crippen molar-refractivity contribution in [3.05, 3.63) is 71.8 Å². The Hall–Kier alpha value is -4.55. The zero-order valence-corrected chi connectivity index (χ0v) is 24.1. The third kappa shape index (κ3) is 5.88. The standard InChI is InChI=1S/C31H33FN6O5/c1-41-27-6-4-20(18-28(27)42-2)26-7-10-33-29-19-25(35-38(26)29)30(39)34-24-5-3-21(17-23(24)32)31(40)37-11-8-22(9-12-37)36-13-15-43-16-14-36/h3-7,10,17-19,22H,8-9,11-16H2,1-2H3,(H,34,39). The van der Waals surface area contributed by atoms with Crippen LogP contribution < -0.4 is 14.8 Å². The highest BCUT2D eigenvalue weighted by Gasteiger charge is 2.28. The second-order valence-electron chi connectivity index (χ2n) is 10.5. The average molecular weight is 589 g/mol. The largest absolute Gasteiger partial charge is 0.493 e. The lowest BCUT2D eigenvalue weighted by atomic mass is 10.0. The van der Waals surface area contributed by atoms with Gasteiger partial charge in [0.25, 0.3) is 11.8 Å². The molecule has 6 rings (SSSR count). The summed E-state index contributed by atoms with van der Waals surface area (Å²) in [6.45, 7) is 4.57. The maximum Gasteiger partial charge on any atom is 0.276 e. The summed E-state index contributed by atoms with van der Waals surface area (Å²) < 4.78 is 32.8. The molecular weight excluding hydrogens is 555 g/mol. The number of anilines is 1. The van der Waals surface area contributed by atoms with Gasteiger partial charge < -0.3 is 24.4 Å². The van der Waals surface area contributed by atoms with Gasteiger partial charge in [0.15, 0.2) is 22.8 Å². The van der Waals surface area contributed by atoms with Crippen LogP contribution in [0, 0.1) is 5.82 Å². The van der Waals surface area contributed by atoms with E-state index in [-0.39, 0.29) is 22.9 Å². The number of fused-ring (bicyclic) bond motifs is 1. The molecule has 12 heteroatoms. The highest BCUT2D eigenvalue weighted by molar-refractivity contribution is 6.04. The Morgan fingerprint density at radius 1 is 0.953 bits per heavy atom. The molecule has 0 spiro atoms. The maximum atomic E-state index is 15.1. The summed E-state index contributed by atoms with van der Waals surface area (Å²) in [5, 5.41) is 7.01. The minimum atomic E-state index is -0.699. The number of piperidine rings is 1. The van der Waals surface area contributed by atoms with Crippen molar-refractivity contribution in [3.8, 4) is 22.8 Å². The number of morpholine rings is 1. The van der Waals surface area contributed by atoms with E-state index < -0.39 is 11.7 Å². The fourth-order valence-corrected chi connectivity index (χ4v) is 5.72. The Kier molecular flexibility index (Phi) is 8.21. The maximum absolute atomic E-state index is 15.1. The first-order valence-electron chi connectivity index (χ1n) is 14.2. The molecule has 4 aromatic rings. The average Bonchev–Trinajstić information content (AvgIpc) is 3.50. The number of hydrogen-bond acceptors (Lipinski definition) is 8. The number of benzene rings is 2. The Morgan fingerprint density at radius 3 is 2.44 bits per heavy atom. The molecule has 0 aliphatic carbocycles. The van der Waals surface area contributed by atoms with Crippen LogP contribution in [0.15, 0.2) is 54.7 Å². The molecule has 2 aromatic carbocycles. The molecule has 11 nitrogen and oxygen atoms in total. The van der Waals surface area contributed by atoms with Crippen LogP contribution in [0.5, 0.6) is 11.5 Å². The number of likely N-dealkylation sites (tertiary alicyclic amines) is 1. The predicted octanol–water partition coefficient (Wildman–Crippen LogP) is 3.74. The van der Waals surface area contributed by atoms with Crippen molar-refractivity contribution in [2.45, 2.75) is 18.9 Å². The van der Waals surface area contributed by atoms with E-state index in [0.29, 0.717) is 42.0 Å². The number of carbonyl (C=O) groups is 2. The van der Waals surface area contributed by atoms with Crippen LogP contribution in [0.1, 0.15) is 33.7 Å². The van der Waals surface area contributed by atoms with Gasteiger partial charge in [-0.3, -0.25) is 14.5 Å². The molecule has 2 fully saturated rings. The summed E-state index contributed by atoms with van der Waals surface area (Å²) in [6, 6.07) is 13.3. The van der Waals surface area contributed by atoms with Gasteiger partial charge in [0.1, 0.15) is 5.82 Å². The number of rotatable bonds is 7. The van der Waals surface area contributed by atoms with Gasteiger partial charge in [0.2, 0.25) is 0 Å². The zero-order chi connectivity index (χ0) is 29.9. The van der Waals surface area contributed by atoms with E-state index in [0.717, 1.165) is 44.7 Å². The van der Waals surface area contributed by atoms with E-state index in [2.05, 4.69) is 20.3 Å². The number of carbonyl (C=O) groups excluding carboxylic acids is 2. The molecule has 2 aliphatic rings. The Labute approximate surface area is 248 Å². The van der Waals surface area contributed by atoms with E-state index in [9.17, 15) is 9.59 Å². The van der Waals surface area contributed by atoms with Gasteiger partial charge in [-0.25, -0.2) is 13.9 Å². The highest BCUT2D eigenvalue weighted by atomic mass is 19.1. The van der Waals surface area contributed by atoms with Crippen LogP contribution in [0.25, 0.3) is 16.9 Å². The van der Waals surface area contributed by atoms with E-state index >= 15 is 4.39 Å². The van der Waals surface area contributed by atoms with E-state index in [4.69, 9.17) is 14.2 Å². The van der Waals surface area contributed by atoms with Crippen LogP contribution in [0.4, 0.5) is 10.1 Å². The second-order valence-corrected chi connectivity index (χ2v) is 10.5. The Morgan fingerprint density at radius 2 is 1.72 bits per heavy atom. The topological polar surface area (TPSA) is 111 Å². The molecule has 2 saturated heterocycles. The van der Waals surface area contributed by atoms with Crippen LogP contribution in [-0.4, -0.2) is 95.9 Å². The molecule has 0 bridgehead atoms. The van der Waals surface area contributed by atoms with E-state index in [1.807, 2.05) is 6.07 Å².